The average molecular weight is 423 g/mol. The molecule has 0 bridgehead atoms. The predicted octanol–water partition coefficient (Wildman–Crippen LogP) is 5.14. The average Bonchev–Trinajstić information content (AvgIpc) is 3.16. The maximum atomic E-state index is 12.4. The number of anilines is 1. The number of carbonyl (C=O) groups is 2. The van der Waals surface area contributed by atoms with E-state index >= 15 is 0 Å². The number of benzene rings is 2. The lowest BCUT2D eigenvalue weighted by Gasteiger charge is -2.09. The zero-order valence-electron chi connectivity index (χ0n) is 14.7. The molecule has 0 aliphatic rings. The first kappa shape index (κ1) is 20.5. The highest BCUT2D eigenvalue weighted by molar-refractivity contribution is 6.33. The van der Waals surface area contributed by atoms with Crippen LogP contribution in [-0.4, -0.2) is 24.5 Å². The lowest BCUT2D eigenvalue weighted by Crippen LogP contribution is -2.33. The van der Waals surface area contributed by atoms with Crippen LogP contribution >= 0.6 is 11.6 Å². The van der Waals surface area contributed by atoms with Gasteiger partial charge < -0.3 is 15.1 Å². The molecule has 1 heterocycles. The van der Waals surface area contributed by atoms with Crippen molar-refractivity contribution in [2.24, 2.45) is 0 Å². The summed E-state index contributed by atoms with van der Waals surface area (Å²) >= 11 is 6.11. The van der Waals surface area contributed by atoms with Crippen molar-refractivity contribution in [2.75, 3.05) is 11.9 Å². The Morgan fingerprint density at radius 3 is 2.45 bits per heavy atom. The Labute approximate surface area is 168 Å². The van der Waals surface area contributed by atoms with Gasteiger partial charge in [0.05, 0.1) is 5.02 Å². The van der Waals surface area contributed by atoms with Gasteiger partial charge in [0.2, 0.25) is 0 Å². The molecule has 0 aliphatic heterocycles. The van der Waals surface area contributed by atoms with Crippen molar-refractivity contribution in [3.8, 4) is 11.3 Å². The molecule has 1 aromatic heterocycles. The molecule has 9 heteroatoms. The van der Waals surface area contributed by atoms with Crippen molar-refractivity contribution < 1.29 is 27.2 Å². The Morgan fingerprint density at radius 2 is 1.72 bits per heavy atom. The Kier molecular flexibility index (Phi) is 5.93. The van der Waals surface area contributed by atoms with Gasteiger partial charge in [0.25, 0.3) is 11.8 Å². The van der Waals surface area contributed by atoms with Crippen LogP contribution in [0.4, 0.5) is 18.9 Å². The van der Waals surface area contributed by atoms with Gasteiger partial charge in [-0.1, -0.05) is 29.8 Å². The van der Waals surface area contributed by atoms with Crippen LogP contribution < -0.4 is 10.6 Å². The second-order valence-corrected chi connectivity index (χ2v) is 6.38. The predicted molar refractivity (Wildman–Crippen MR) is 102 cm³/mol. The van der Waals surface area contributed by atoms with E-state index in [1.807, 2.05) is 0 Å². The topological polar surface area (TPSA) is 71.3 Å². The van der Waals surface area contributed by atoms with Gasteiger partial charge in [0, 0.05) is 16.8 Å². The Bertz CT molecular complexity index is 1050. The fraction of sp³-hybridized carbons (Fsp3) is 0.100. The number of amides is 2. The lowest BCUT2D eigenvalue weighted by atomic mass is 10.2. The van der Waals surface area contributed by atoms with Gasteiger partial charge in [0.1, 0.15) is 12.3 Å². The number of hydrogen-bond donors (Lipinski definition) is 2. The minimum Gasteiger partial charge on any atom is -0.451 e. The molecule has 0 saturated heterocycles. The fourth-order valence-electron chi connectivity index (χ4n) is 2.48. The number of hydrogen-bond acceptors (Lipinski definition) is 3. The van der Waals surface area contributed by atoms with E-state index in [0.717, 1.165) is 0 Å². The molecule has 0 spiro atoms. The molecule has 0 saturated carbocycles. The lowest BCUT2D eigenvalue weighted by molar-refractivity contribution is -0.123. The third-order valence-corrected chi connectivity index (χ3v) is 4.13. The Morgan fingerprint density at radius 1 is 0.966 bits per heavy atom. The van der Waals surface area contributed by atoms with Crippen molar-refractivity contribution in [1.82, 2.24) is 5.32 Å². The van der Waals surface area contributed by atoms with Gasteiger partial charge in [0.15, 0.2) is 5.76 Å². The maximum Gasteiger partial charge on any atom is 0.405 e. The van der Waals surface area contributed by atoms with Crippen LogP contribution in [-0.2, 0) is 0 Å². The Hall–Kier alpha value is -3.26. The molecule has 0 aliphatic carbocycles. The quantitative estimate of drug-likeness (QED) is 0.597. The van der Waals surface area contributed by atoms with Crippen molar-refractivity contribution >= 4 is 29.1 Å². The Balaban J connectivity index is 1.70. The minimum atomic E-state index is -4.51. The first-order chi connectivity index (χ1) is 13.7. The van der Waals surface area contributed by atoms with Crippen LogP contribution in [0.3, 0.4) is 0 Å². The van der Waals surface area contributed by atoms with Crippen LogP contribution in [0.1, 0.15) is 20.9 Å². The summed E-state index contributed by atoms with van der Waals surface area (Å²) in [7, 11) is 0. The van der Waals surface area contributed by atoms with Crippen LogP contribution in [0, 0.1) is 0 Å². The van der Waals surface area contributed by atoms with Crippen LogP contribution in [0.2, 0.25) is 5.02 Å². The summed E-state index contributed by atoms with van der Waals surface area (Å²) in [5, 5.41) is 4.77. The van der Waals surface area contributed by atoms with Gasteiger partial charge >= 0.3 is 6.18 Å². The van der Waals surface area contributed by atoms with E-state index in [1.165, 1.54) is 30.3 Å². The fourth-order valence-corrected chi connectivity index (χ4v) is 2.71. The summed E-state index contributed by atoms with van der Waals surface area (Å²) in [4.78, 5) is 24.2. The molecular formula is C20H14ClF3N2O3. The maximum absolute atomic E-state index is 12.4. The standard InChI is InChI=1S/C20H14ClF3N2O3/c21-15-7-2-1-6-14(15)16-8-9-17(29-16)19(28)26-13-5-3-4-12(10-13)18(27)25-11-20(22,23)24/h1-10H,11H2,(H,25,27)(H,26,28). The van der Waals surface area contributed by atoms with Crippen molar-refractivity contribution in [3.63, 3.8) is 0 Å². The molecule has 150 valence electrons. The number of halogens is 4. The van der Waals surface area contributed by atoms with Gasteiger partial charge in [-0.05, 0) is 42.5 Å². The molecule has 2 amide bonds. The van der Waals surface area contributed by atoms with Crippen molar-refractivity contribution in [3.05, 3.63) is 77.0 Å². The summed E-state index contributed by atoms with van der Waals surface area (Å²) in [6.45, 7) is -1.44. The molecule has 0 unspecified atom stereocenters. The number of nitrogens with one attached hydrogen (secondary N) is 2. The second kappa shape index (κ2) is 8.40. The molecule has 0 fully saturated rings. The second-order valence-electron chi connectivity index (χ2n) is 5.98. The van der Waals surface area contributed by atoms with Crippen molar-refractivity contribution in [1.29, 1.82) is 0 Å². The minimum absolute atomic E-state index is 0.00634. The summed E-state index contributed by atoms with van der Waals surface area (Å²) in [6, 6.07) is 15.6. The van der Waals surface area contributed by atoms with E-state index in [0.29, 0.717) is 16.3 Å². The first-order valence-corrected chi connectivity index (χ1v) is 8.72. The summed E-state index contributed by atoms with van der Waals surface area (Å²) in [6.07, 6.45) is -4.51. The van der Waals surface area contributed by atoms with Gasteiger partial charge in [-0.3, -0.25) is 9.59 Å². The molecule has 2 N–H and O–H groups in total. The van der Waals surface area contributed by atoms with Crippen molar-refractivity contribution in [2.45, 2.75) is 6.18 Å². The molecule has 5 nitrogen and oxygen atoms in total. The van der Waals surface area contributed by atoms with E-state index < -0.39 is 24.5 Å². The summed E-state index contributed by atoms with van der Waals surface area (Å²) in [5.41, 5.74) is 0.824. The van der Waals surface area contributed by atoms with Crippen LogP contribution in [0.25, 0.3) is 11.3 Å². The number of carbonyl (C=O) groups excluding carboxylic acids is 2. The molecule has 3 rings (SSSR count). The highest BCUT2D eigenvalue weighted by Crippen LogP contribution is 2.29. The number of rotatable bonds is 5. The van der Waals surface area contributed by atoms with Gasteiger partial charge in [-0.2, -0.15) is 13.2 Å². The SMILES string of the molecule is O=C(NCC(F)(F)F)c1cccc(NC(=O)c2ccc(-c3ccccc3Cl)o2)c1. The van der Waals surface area contributed by atoms with Crippen LogP contribution in [0.5, 0.6) is 0 Å². The zero-order chi connectivity index (χ0) is 21.0. The molecule has 3 aromatic rings. The highest BCUT2D eigenvalue weighted by Gasteiger charge is 2.28. The number of alkyl halides is 3. The molecule has 0 atom stereocenters. The van der Waals surface area contributed by atoms with E-state index in [-0.39, 0.29) is 17.0 Å². The molecular weight excluding hydrogens is 409 g/mol. The smallest absolute Gasteiger partial charge is 0.405 e. The molecule has 2 aromatic carbocycles. The third-order valence-electron chi connectivity index (χ3n) is 3.80. The van der Waals surface area contributed by atoms with Gasteiger partial charge in [-0.15, -0.1) is 0 Å². The van der Waals surface area contributed by atoms with E-state index in [1.54, 1.807) is 35.6 Å². The third kappa shape index (κ3) is 5.39. The zero-order valence-corrected chi connectivity index (χ0v) is 15.5. The van der Waals surface area contributed by atoms with Crippen LogP contribution in [0.15, 0.2) is 65.1 Å². The van der Waals surface area contributed by atoms with E-state index in [9.17, 15) is 22.8 Å². The number of furan rings is 1. The van der Waals surface area contributed by atoms with E-state index in [4.69, 9.17) is 16.0 Å². The normalized spacial score (nSPS) is 11.2. The largest absolute Gasteiger partial charge is 0.451 e. The summed E-state index contributed by atoms with van der Waals surface area (Å²) in [5.74, 6) is -1.08. The monoisotopic (exact) mass is 422 g/mol. The van der Waals surface area contributed by atoms with Gasteiger partial charge in [-0.25, -0.2) is 0 Å². The molecule has 29 heavy (non-hydrogen) atoms. The van der Waals surface area contributed by atoms with E-state index in [2.05, 4.69) is 5.32 Å². The molecule has 0 radical (unpaired) electrons. The first-order valence-electron chi connectivity index (χ1n) is 8.34. The highest BCUT2D eigenvalue weighted by atomic mass is 35.5. The summed E-state index contributed by atoms with van der Waals surface area (Å²) < 4.78 is 42.2.